The predicted octanol–water partition coefficient (Wildman–Crippen LogP) is -0.467. The molecule has 0 aliphatic carbocycles. The van der Waals surface area contributed by atoms with Crippen molar-refractivity contribution in [2.45, 2.75) is 0 Å². The number of benzene rings is 1. The van der Waals surface area contributed by atoms with Gasteiger partial charge in [-0.15, -0.1) is 0 Å². The van der Waals surface area contributed by atoms with Crippen LogP contribution < -0.4 is 2.81 Å². The summed E-state index contributed by atoms with van der Waals surface area (Å²) in [4.78, 5) is 0. The average Bonchev–Trinajstić information content (AvgIpc) is 1.92. The fraction of sp³-hybridized carbons (Fsp3) is 0. The van der Waals surface area contributed by atoms with Gasteiger partial charge in [-0.3, -0.25) is 9.11 Å². The van der Waals surface area contributed by atoms with Gasteiger partial charge in [0.2, 0.25) is 0 Å². The number of aromatic hydroxyl groups is 1. The van der Waals surface area contributed by atoms with Gasteiger partial charge in [-0.05, 0) is 0 Å². The Morgan fingerprint density at radius 1 is 1.15 bits per heavy atom. The molecule has 5 nitrogen and oxygen atoms in total. The normalized spacial score (nSPS) is 10.2. The van der Waals surface area contributed by atoms with Crippen LogP contribution in [0.3, 0.4) is 0 Å². The van der Waals surface area contributed by atoms with E-state index in [2.05, 4.69) is 0 Å². The maximum absolute atomic E-state index is 8.95. The first-order valence-electron chi connectivity index (χ1n) is 3.25. The van der Waals surface area contributed by atoms with E-state index < -0.39 is 10.4 Å². The summed E-state index contributed by atoms with van der Waals surface area (Å²) in [6.07, 6.45) is 0. The molecular formula is C6H7NaO5S. The molecule has 0 aromatic heterocycles. The van der Waals surface area contributed by atoms with Crippen LogP contribution in [0.15, 0.2) is 24.3 Å². The second kappa shape index (κ2) is 5.58. The summed E-state index contributed by atoms with van der Waals surface area (Å²) in [5.74, 6) is 0.430. The molecule has 0 aliphatic heterocycles. The zero-order valence-electron chi connectivity index (χ0n) is 6.88. The van der Waals surface area contributed by atoms with Gasteiger partial charge in [0.1, 0.15) is 0 Å². The van der Waals surface area contributed by atoms with Gasteiger partial charge >= 0.3 is 76.3 Å². The van der Waals surface area contributed by atoms with Gasteiger partial charge in [-0.25, -0.2) is 0 Å². The Bertz CT molecular complexity index is 332. The molecule has 0 radical (unpaired) electrons. The minimum atomic E-state index is -4.67. The van der Waals surface area contributed by atoms with Crippen LogP contribution in [0.4, 0.5) is 0 Å². The molecule has 3 N–H and O–H groups in total. The van der Waals surface area contributed by atoms with Crippen LogP contribution in [0.1, 0.15) is 0 Å². The van der Waals surface area contributed by atoms with Gasteiger partial charge in [-0.1, -0.05) is 0 Å². The number of phenolic OH excluding ortho intramolecular Hbond substituents is 1. The molecule has 0 heterocycles. The van der Waals surface area contributed by atoms with Crippen molar-refractivity contribution in [1.29, 1.82) is 0 Å². The number of rotatable bonds is 0. The molecule has 0 saturated heterocycles. The van der Waals surface area contributed by atoms with Crippen LogP contribution in [0.25, 0.3) is 0 Å². The van der Waals surface area contributed by atoms with Crippen LogP contribution in [-0.4, -0.2) is 50.6 Å². The summed E-state index contributed by atoms with van der Waals surface area (Å²) in [6, 6.07) is 7.41. The monoisotopic (exact) mass is 214 g/mol. The zero-order valence-corrected chi connectivity index (χ0v) is 9.69. The van der Waals surface area contributed by atoms with Crippen molar-refractivity contribution in [3.63, 3.8) is 0 Å². The van der Waals surface area contributed by atoms with E-state index in [0.29, 0.717) is 5.75 Å². The van der Waals surface area contributed by atoms with Gasteiger partial charge in [0.05, 0.1) is 0 Å². The topological polar surface area (TPSA) is 94.8 Å². The van der Waals surface area contributed by atoms with E-state index in [1.165, 1.54) is 0 Å². The number of para-hydroxylation sites is 1. The third kappa shape index (κ3) is 9.81. The average molecular weight is 214 g/mol. The molecule has 0 saturated carbocycles. The fourth-order valence-electron chi connectivity index (χ4n) is 0.563. The second-order valence-electron chi connectivity index (χ2n) is 2.23. The molecule has 1 rings (SSSR count). The number of hydrogen-bond donors (Lipinski definition) is 3. The number of hydrogen-bond acceptors (Lipinski definition) is 3. The Kier molecular flexibility index (Phi) is 5.54. The molecule has 0 fully saturated rings. The summed E-state index contributed by atoms with van der Waals surface area (Å²) in [5, 5.41) is 8.95. The standard InChI is InChI=1S/C6H5O.Na.H2O4S/c7-6-4-2-1-3-5-6;;1-5(2,3)4/h1-4,7H;;(H2,1,2,3,4). The third-order valence-electron chi connectivity index (χ3n) is 1.12. The first-order chi connectivity index (χ1) is 5.80. The van der Waals surface area contributed by atoms with Gasteiger partial charge in [-0.2, -0.15) is 8.42 Å². The van der Waals surface area contributed by atoms with E-state index in [4.69, 9.17) is 22.6 Å². The first kappa shape index (κ1) is 12.9. The molecular weight excluding hydrogens is 207 g/mol. The molecule has 0 amide bonds. The van der Waals surface area contributed by atoms with E-state index in [1.54, 1.807) is 6.07 Å². The van der Waals surface area contributed by atoms with E-state index in [9.17, 15) is 0 Å². The van der Waals surface area contributed by atoms with Crippen molar-refractivity contribution in [2.75, 3.05) is 0 Å². The molecule has 0 atom stereocenters. The van der Waals surface area contributed by atoms with Crippen molar-refractivity contribution in [2.24, 2.45) is 0 Å². The molecule has 68 valence electrons. The summed E-state index contributed by atoms with van der Waals surface area (Å²) in [5.41, 5.74) is 0. The van der Waals surface area contributed by atoms with Crippen LogP contribution in [-0.2, 0) is 10.4 Å². The molecule has 0 bridgehead atoms. The Morgan fingerprint density at radius 3 is 1.77 bits per heavy atom. The number of phenols is 1. The first-order valence-corrected chi connectivity index (χ1v) is 5.65. The Morgan fingerprint density at radius 2 is 1.54 bits per heavy atom. The van der Waals surface area contributed by atoms with Crippen molar-refractivity contribution in [3.05, 3.63) is 24.3 Å². The van der Waals surface area contributed by atoms with Crippen molar-refractivity contribution >= 4 is 41.1 Å². The van der Waals surface area contributed by atoms with Crippen molar-refractivity contribution in [3.8, 4) is 5.75 Å². The van der Waals surface area contributed by atoms with Crippen LogP contribution >= 0.6 is 0 Å². The molecule has 13 heavy (non-hydrogen) atoms. The summed E-state index contributed by atoms with van der Waals surface area (Å²) >= 11 is 0.926. The Balaban J connectivity index is 0.000000252. The van der Waals surface area contributed by atoms with Crippen LogP contribution in [0.5, 0.6) is 5.75 Å². The Hall–Kier alpha value is -0.110. The van der Waals surface area contributed by atoms with E-state index >= 15 is 0 Å². The van der Waals surface area contributed by atoms with Gasteiger partial charge in [0.15, 0.2) is 0 Å². The van der Waals surface area contributed by atoms with Crippen molar-refractivity contribution < 1.29 is 22.6 Å². The molecule has 7 heteroatoms. The summed E-state index contributed by atoms with van der Waals surface area (Å²) < 4.78 is 32.6. The molecule has 0 spiro atoms. The zero-order chi connectivity index (χ0) is 10.5. The minimum absolute atomic E-state index is 0.430. The fourth-order valence-corrected chi connectivity index (χ4v) is 0.923. The second-order valence-corrected chi connectivity index (χ2v) is 4.21. The van der Waals surface area contributed by atoms with E-state index in [-0.39, 0.29) is 0 Å². The predicted molar refractivity (Wildman–Crippen MR) is 47.7 cm³/mol. The SMILES string of the molecule is O=S(=O)(O)O.Oc1cccc[c]1[Na]. The van der Waals surface area contributed by atoms with Crippen LogP contribution in [0, 0.1) is 0 Å². The summed E-state index contributed by atoms with van der Waals surface area (Å²) in [6.45, 7) is 0. The Labute approximate surface area is 93.4 Å². The molecule has 0 unspecified atom stereocenters. The molecule has 1 aromatic rings. The van der Waals surface area contributed by atoms with Gasteiger partial charge < -0.3 is 0 Å². The quantitative estimate of drug-likeness (QED) is 0.401. The van der Waals surface area contributed by atoms with Crippen LogP contribution in [0.2, 0.25) is 0 Å². The molecule has 0 aliphatic rings. The van der Waals surface area contributed by atoms with Gasteiger partial charge in [0.25, 0.3) is 0 Å². The molecule has 1 aromatic carbocycles. The van der Waals surface area contributed by atoms with E-state index in [0.717, 1.165) is 30.7 Å². The summed E-state index contributed by atoms with van der Waals surface area (Å²) in [7, 11) is -4.67. The maximum atomic E-state index is 8.95. The van der Waals surface area contributed by atoms with Gasteiger partial charge in [0, 0.05) is 0 Å². The van der Waals surface area contributed by atoms with Crippen molar-refractivity contribution in [1.82, 2.24) is 0 Å². The van der Waals surface area contributed by atoms with E-state index in [1.807, 2.05) is 18.2 Å². The third-order valence-corrected chi connectivity index (χ3v) is 1.96.